The fraction of sp³-hybridized carbons (Fsp3) is 0.0175. The molecule has 5 aromatic heterocycles. The fourth-order valence-electron chi connectivity index (χ4n) is 13.4. The highest BCUT2D eigenvalue weighted by Crippen LogP contribution is 2.53. The van der Waals surface area contributed by atoms with E-state index < -0.39 is 13.7 Å². The van der Waals surface area contributed by atoms with Crippen LogP contribution in [0.2, 0.25) is 0 Å². The summed E-state index contributed by atoms with van der Waals surface area (Å²) in [5.74, 6) is 0. The van der Waals surface area contributed by atoms with Crippen LogP contribution in [-0.2, 0) is 5.66 Å². The number of pyridine rings is 2. The Morgan fingerprint density at radius 1 is 0.381 bits per heavy atom. The third kappa shape index (κ3) is 3.18. The highest BCUT2D eigenvalue weighted by Gasteiger charge is 2.70. The molecule has 63 heavy (non-hydrogen) atoms. The van der Waals surface area contributed by atoms with Gasteiger partial charge in [0.05, 0.1) is 21.9 Å². The second kappa shape index (κ2) is 10.3. The van der Waals surface area contributed by atoms with Gasteiger partial charge in [0, 0.05) is 38.4 Å². The molecule has 3 aliphatic heterocycles. The van der Waals surface area contributed by atoms with Gasteiger partial charge in [-0.15, -0.1) is 0 Å². The van der Waals surface area contributed by atoms with Crippen molar-refractivity contribution in [3.63, 3.8) is 0 Å². The van der Waals surface area contributed by atoms with Crippen LogP contribution in [0.5, 0.6) is 0 Å². The maximum absolute atomic E-state index is 6.67. The van der Waals surface area contributed by atoms with Crippen LogP contribution in [-0.4, -0.2) is 16.9 Å². The van der Waals surface area contributed by atoms with Gasteiger partial charge in [0.25, 0.3) is 0 Å². The summed E-state index contributed by atoms with van der Waals surface area (Å²) < 4.78 is 17.4. The molecule has 1 atom stereocenters. The average Bonchev–Trinajstić information content (AvgIpc) is 4.14. The molecule has 1 unspecified atom stereocenters. The third-order valence-electron chi connectivity index (χ3n) is 15.5. The lowest BCUT2D eigenvalue weighted by atomic mass is 9.86. The summed E-state index contributed by atoms with van der Waals surface area (Å²) >= 11 is 0. The summed E-state index contributed by atoms with van der Waals surface area (Å²) in [5.41, 5.74) is 13.6. The van der Waals surface area contributed by atoms with Gasteiger partial charge in [0.1, 0.15) is 22.2 Å². The van der Waals surface area contributed by atoms with E-state index in [0.29, 0.717) is 0 Å². The van der Waals surface area contributed by atoms with Gasteiger partial charge >= 0.3 is 17.0 Å². The van der Waals surface area contributed by atoms with Gasteiger partial charge in [-0.05, 0) is 63.2 Å². The van der Waals surface area contributed by atoms with Crippen LogP contribution in [0.25, 0.3) is 98.7 Å². The van der Waals surface area contributed by atoms with Crippen LogP contribution in [0, 0.1) is 0 Å². The summed E-state index contributed by atoms with van der Waals surface area (Å²) in [6.07, 6.45) is 0. The summed E-state index contributed by atoms with van der Waals surface area (Å²) in [4.78, 5) is 0. The first-order valence-corrected chi connectivity index (χ1v) is 23.9. The molecule has 14 aromatic rings. The molecule has 0 aliphatic carbocycles. The zero-order valence-corrected chi connectivity index (χ0v) is 34.7. The topological polar surface area (TPSA) is 29.7 Å². The minimum atomic E-state index is -3.05. The van der Waals surface area contributed by atoms with Crippen LogP contribution in [0.1, 0.15) is 11.1 Å². The van der Waals surface area contributed by atoms with Gasteiger partial charge < -0.3 is 4.42 Å². The Balaban J connectivity index is 1.23. The predicted molar refractivity (Wildman–Crippen MR) is 256 cm³/mol. The summed E-state index contributed by atoms with van der Waals surface area (Å²) in [5, 5.41) is 15.8. The van der Waals surface area contributed by atoms with E-state index in [1.807, 2.05) is 0 Å². The maximum atomic E-state index is 6.67. The lowest BCUT2D eigenvalue weighted by Gasteiger charge is -2.43. The Kier molecular flexibility index (Phi) is 5.21. The van der Waals surface area contributed by atoms with Crippen LogP contribution in [0.3, 0.4) is 0 Å². The number of rotatable bonds is 2. The molecule has 0 amide bonds. The molecule has 1 spiro atoms. The van der Waals surface area contributed by atoms with Crippen molar-refractivity contribution in [2.75, 3.05) is 0 Å². The minimum Gasteiger partial charge on any atom is -0.456 e. The van der Waals surface area contributed by atoms with E-state index in [1.165, 1.54) is 103 Å². The van der Waals surface area contributed by atoms with Crippen molar-refractivity contribution in [2.45, 2.75) is 5.66 Å². The molecule has 0 fully saturated rings. The SMILES string of the molecule is c1ccc([Si]2(c3ccccc3)c3ccc4c5ccccc5n5c6ccccc6[n+]6c5c4c3C63c4c2ccc2c5cc6c(cc5n5c7ccccc7[n+]3c5c42)oc2ccccc26)cc1. The molecule has 0 N–H and O–H groups in total. The normalized spacial score (nSPS) is 16.8. The lowest BCUT2D eigenvalue weighted by Crippen LogP contribution is -2.84. The smallest absolute Gasteiger partial charge is 0.309 e. The number of imidazole rings is 2. The van der Waals surface area contributed by atoms with Crippen LogP contribution in [0.4, 0.5) is 0 Å². The molecule has 0 bridgehead atoms. The molecule has 0 radical (unpaired) electrons. The van der Waals surface area contributed by atoms with Crippen molar-refractivity contribution in [3.8, 4) is 0 Å². The van der Waals surface area contributed by atoms with Gasteiger partial charge in [-0.2, -0.15) is 17.9 Å². The molecule has 0 saturated heterocycles. The second-order valence-corrected chi connectivity index (χ2v) is 21.7. The number of hydrogen-bond acceptors (Lipinski definition) is 1. The number of benzene rings is 9. The molecule has 8 heterocycles. The monoisotopic (exact) mass is 816 g/mol. The maximum Gasteiger partial charge on any atom is 0.309 e. The molecule has 17 rings (SSSR count). The largest absolute Gasteiger partial charge is 0.456 e. The van der Waals surface area contributed by atoms with Crippen molar-refractivity contribution >= 4 is 127 Å². The Bertz CT molecular complexity index is 4470. The Hall–Kier alpha value is -8.06. The van der Waals surface area contributed by atoms with Crippen LogP contribution < -0.4 is 29.9 Å². The zero-order chi connectivity index (χ0) is 40.5. The first-order valence-electron chi connectivity index (χ1n) is 21.9. The molecule has 5 nitrogen and oxygen atoms in total. The van der Waals surface area contributed by atoms with Crippen molar-refractivity contribution in [2.24, 2.45) is 0 Å². The lowest BCUT2D eigenvalue weighted by molar-refractivity contribution is -0.923. The van der Waals surface area contributed by atoms with Crippen LogP contribution >= 0.6 is 0 Å². The Morgan fingerprint density at radius 3 is 1.52 bits per heavy atom. The predicted octanol–water partition coefficient (Wildman–Crippen LogP) is 9.20. The highest BCUT2D eigenvalue weighted by atomic mass is 28.3. The summed E-state index contributed by atoms with van der Waals surface area (Å²) in [7, 11) is -3.05. The fourth-order valence-corrected chi connectivity index (χ4v) is 18.7. The zero-order valence-electron chi connectivity index (χ0n) is 33.7. The van der Waals surface area contributed by atoms with E-state index in [2.05, 4.69) is 212 Å². The average molecular weight is 817 g/mol. The van der Waals surface area contributed by atoms with Crippen molar-refractivity contribution < 1.29 is 13.6 Å². The number of aromatic nitrogens is 4. The number of fused-ring (bicyclic) bond motifs is 15. The molecule has 9 aromatic carbocycles. The second-order valence-electron chi connectivity index (χ2n) is 17.9. The number of furan rings is 1. The summed E-state index contributed by atoms with van der Waals surface area (Å²) in [6.45, 7) is 0. The van der Waals surface area contributed by atoms with E-state index in [-0.39, 0.29) is 0 Å². The van der Waals surface area contributed by atoms with Crippen molar-refractivity contribution in [1.29, 1.82) is 0 Å². The van der Waals surface area contributed by atoms with E-state index in [9.17, 15) is 0 Å². The molecular formula is C57H32N4OSi+2. The van der Waals surface area contributed by atoms with Crippen LogP contribution in [0.15, 0.2) is 199 Å². The van der Waals surface area contributed by atoms with Crippen molar-refractivity contribution in [1.82, 2.24) is 8.80 Å². The summed E-state index contributed by atoms with van der Waals surface area (Å²) in [6, 6.07) is 73.7. The van der Waals surface area contributed by atoms with E-state index in [4.69, 9.17) is 4.42 Å². The van der Waals surface area contributed by atoms with Gasteiger partial charge in [-0.25, -0.2) is 0 Å². The number of para-hydroxylation sites is 6. The van der Waals surface area contributed by atoms with E-state index in [0.717, 1.165) is 27.5 Å². The van der Waals surface area contributed by atoms with Gasteiger partial charge in [0.15, 0.2) is 30.1 Å². The Labute approximate surface area is 359 Å². The first-order chi connectivity index (χ1) is 31.3. The van der Waals surface area contributed by atoms with Gasteiger partial charge in [0.2, 0.25) is 0 Å². The van der Waals surface area contributed by atoms with Gasteiger partial charge in [-0.1, -0.05) is 146 Å². The third-order valence-corrected chi connectivity index (χ3v) is 20.3. The highest BCUT2D eigenvalue weighted by molar-refractivity contribution is 7.20. The Morgan fingerprint density at radius 2 is 0.889 bits per heavy atom. The molecule has 3 aliphatic rings. The molecular weight excluding hydrogens is 785 g/mol. The van der Waals surface area contributed by atoms with Gasteiger partial charge in [-0.3, -0.25) is 0 Å². The van der Waals surface area contributed by atoms with E-state index >= 15 is 0 Å². The quantitative estimate of drug-likeness (QED) is 0.0973. The minimum absolute atomic E-state index is 0.752. The number of nitrogens with zero attached hydrogens (tertiary/aromatic N) is 4. The van der Waals surface area contributed by atoms with Crippen molar-refractivity contribution in [3.05, 3.63) is 205 Å². The first kappa shape index (κ1) is 31.8. The molecule has 6 heteroatoms. The molecule has 0 saturated carbocycles. The standard InChI is InChI=1S/C57H32N4OSi/c1-3-15-33(16-4-1)63(34-17-5-2-6-18-34)49-29-27-37-35-19-7-9-21-41(35)58-42-22-10-12-24-44(42)60-55(58)51(37)53(49)57(60)54-50(63)30-28-38-39-31-40-36-20-8-14-26-47(36)62-48(40)32-46(39)59-43-23-11-13-25-45(43)61(57)56(59)52(38)54/h1-32H/q+2. The van der Waals surface area contributed by atoms with E-state index in [1.54, 1.807) is 0 Å². The number of hydrogen-bond donors (Lipinski definition) is 0. The molecule has 288 valence electrons.